The second-order valence-corrected chi connectivity index (χ2v) is 8.70. The third-order valence-electron chi connectivity index (χ3n) is 4.02. The highest BCUT2D eigenvalue weighted by molar-refractivity contribution is 7.90. The van der Waals surface area contributed by atoms with Gasteiger partial charge in [0, 0.05) is 13.2 Å². The van der Waals surface area contributed by atoms with Gasteiger partial charge in [-0.15, -0.1) is 4.40 Å². The Kier molecular flexibility index (Phi) is 5.60. The Balaban J connectivity index is 2.14. The monoisotopic (exact) mass is 390 g/mol. The van der Waals surface area contributed by atoms with Crippen LogP contribution in [0.1, 0.15) is 18.1 Å². The maximum Gasteiger partial charge on any atom is 0.285 e. The van der Waals surface area contributed by atoms with E-state index in [2.05, 4.69) is 10.5 Å². The highest BCUT2D eigenvalue weighted by atomic mass is 32.2. The van der Waals surface area contributed by atoms with Crippen LogP contribution in [0.4, 0.5) is 0 Å². The average molecular weight is 391 g/mol. The van der Waals surface area contributed by atoms with Crippen molar-refractivity contribution >= 4 is 31.6 Å². The van der Waals surface area contributed by atoms with Gasteiger partial charge in [0.2, 0.25) is 4.80 Å². The molecule has 0 N–H and O–H groups in total. The molecule has 0 radical (unpaired) electrons. The van der Waals surface area contributed by atoms with Crippen LogP contribution in [0.15, 0.2) is 51.8 Å². The van der Waals surface area contributed by atoms with Crippen LogP contribution in [-0.2, 0) is 21.3 Å². The van der Waals surface area contributed by atoms with E-state index in [1.165, 1.54) is 11.3 Å². The molecule has 3 rings (SSSR count). The van der Waals surface area contributed by atoms with Gasteiger partial charge in [0.25, 0.3) is 10.0 Å². The van der Waals surface area contributed by atoms with Gasteiger partial charge in [-0.05, 0) is 50.6 Å². The summed E-state index contributed by atoms with van der Waals surface area (Å²) < 4.78 is 38.0. The average Bonchev–Trinajstić information content (AvgIpc) is 2.91. The molecule has 0 saturated carbocycles. The Morgan fingerprint density at radius 3 is 2.46 bits per heavy atom. The van der Waals surface area contributed by atoms with E-state index in [1.807, 2.05) is 37.5 Å². The first-order chi connectivity index (χ1) is 12.4. The fourth-order valence-electron chi connectivity index (χ4n) is 2.63. The molecule has 0 unspecified atom stereocenters. The fourth-order valence-corrected chi connectivity index (χ4v) is 4.99. The van der Waals surface area contributed by atoms with Crippen LogP contribution >= 0.6 is 11.3 Å². The molecular formula is C19H22N2O3S2. The molecular weight excluding hydrogens is 368 g/mol. The maximum atomic E-state index is 12.7. The molecule has 0 atom stereocenters. The van der Waals surface area contributed by atoms with Gasteiger partial charge in [-0.1, -0.05) is 35.1 Å². The van der Waals surface area contributed by atoms with Crippen LogP contribution in [0.5, 0.6) is 0 Å². The third-order valence-corrected chi connectivity index (χ3v) is 6.46. The van der Waals surface area contributed by atoms with Crippen LogP contribution < -0.4 is 4.80 Å². The molecule has 0 saturated heterocycles. The Bertz CT molecular complexity index is 1080. The van der Waals surface area contributed by atoms with E-state index in [4.69, 9.17) is 4.74 Å². The number of hydrogen-bond acceptors (Lipinski definition) is 4. The predicted octanol–water partition coefficient (Wildman–Crippen LogP) is 3.65. The van der Waals surface area contributed by atoms with E-state index >= 15 is 0 Å². The molecule has 1 heterocycles. The zero-order valence-electron chi connectivity index (χ0n) is 15.1. The first-order valence-electron chi connectivity index (χ1n) is 8.46. The van der Waals surface area contributed by atoms with E-state index < -0.39 is 10.0 Å². The first kappa shape index (κ1) is 18.8. The van der Waals surface area contributed by atoms with Gasteiger partial charge in [0.05, 0.1) is 21.7 Å². The van der Waals surface area contributed by atoms with Crippen LogP contribution in [0.2, 0.25) is 0 Å². The number of nitrogens with zero attached hydrogens (tertiary/aromatic N) is 2. The molecule has 0 bridgehead atoms. The zero-order chi connectivity index (χ0) is 18.7. The van der Waals surface area contributed by atoms with Gasteiger partial charge in [-0.3, -0.25) is 0 Å². The number of rotatable bonds is 6. The van der Waals surface area contributed by atoms with Crippen molar-refractivity contribution in [3.8, 4) is 0 Å². The summed E-state index contributed by atoms with van der Waals surface area (Å²) in [6, 6.07) is 12.8. The smallest absolute Gasteiger partial charge is 0.285 e. The van der Waals surface area contributed by atoms with Crippen molar-refractivity contribution in [1.82, 2.24) is 4.57 Å². The number of sulfonamides is 1. The molecule has 3 aromatic rings. The maximum absolute atomic E-state index is 12.7. The largest absolute Gasteiger partial charge is 0.380 e. The summed E-state index contributed by atoms with van der Waals surface area (Å²) in [4.78, 5) is 0.666. The number of fused-ring (bicyclic) bond motifs is 1. The van der Waals surface area contributed by atoms with Crippen molar-refractivity contribution in [1.29, 1.82) is 0 Å². The Labute approximate surface area is 157 Å². The molecule has 0 aliphatic carbocycles. The molecule has 0 fully saturated rings. The SMILES string of the molecule is CCOCCn1/c(=N/S(=O)(=O)c2ccc(C)cc2)sc2cc(C)ccc21. The van der Waals surface area contributed by atoms with E-state index in [1.54, 1.807) is 24.3 Å². The van der Waals surface area contributed by atoms with Crippen LogP contribution in [0, 0.1) is 13.8 Å². The summed E-state index contributed by atoms with van der Waals surface area (Å²) in [5.41, 5.74) is 3.11. The van der Waals surface area contributed by atoms with Crippen molar-refractivity contribution in [3.63, 3.8) is 0 Å². The lowest BCUT2D eigenvalue weighted by molar-refractivity contribution is 0.139. The molecule has 0 aliphatic rings. The number of hydrogen-bond donors (Lipinski definition) is 0. The van der Waals surface area contributed by atoms with E-state index in [0.29, 0.717) is 24.6 Å². The molecule has 0 amide bonds. The minimum absolute atomic E-state index is 0.202. The molecule has 5 nitrogen and oxygen atoms in total. The molecule has 138 valence electrons. The second-order valence-electron chi connectivity index (χ2n) is 6.08. The van der Waals surface area contributed by atoms with Gasteiger partial charge >= 0.3 is 0 Å². The van der Waals surface area contributed by atoms with Crippen LogP contribution in [0.3, 0.4) is 0 Å². The van der Waals surface area contributed by atoms with Gasteiger partial charge < -0.3 is 9.30 Å². The highest BCUT2D eigenvalue weighted by Gasteiger charge is 2.14. The Morgan fingerprint density at radius 2 is 1.77 bits per heavy atom. The van der Waals surface area contributed by atoms with E-state index in [9.17, 15) is 8.42 Å². The van der Waals surface area contributed by atoms with Gasteiger partial charge in [-0.25, -0.2) is 0 Å². The third kappa shape index (κ3) is 4.06. The summed E-state index contributed by atoms with van der Waals surface area (Å²) in [5, 5.41) is 0. The lowest BCUT2D eigenvalue weighted by Crippen LogP contribution is -2.19. The number of ether oxygens (including phenoxy) is 1. The molecule has 7 heteroatoms. The molecule has 1 aromatic heterocycles. The second kappa shape index (κ2) is 7.73. The van der Waals surface area contributed by atoms with Crippen LogP contribution in [-0.4, -0.2) is 26.2 Å². The summed E-state index contributed by atoms with van der Waals surface area (Å²) in [5.74, 6) is 0. The summed E-state index contributed by atoms with van der Waals surface area (Å²) in [6.45, 7) is 7.56. The lowest BCUT2D eigenvalue weighted by Gasteiger charge is -2.06. The normalized spacial score (nSPS) is 12.8. The molecule has 26 heavy (non-hydrogen) atoms. The van der Waals surface area contributed by atoms with Gasteiger partial charge in [0.1, 0.15) is 0 Å². The first-order valence-corrected chi connectivity index (χ1v) is 10.7. The quantitative estimate of drug-likeness (QED) is 0.604. The van der Waals surface area contributed by atoms with Crippen molar-refractivity contribution in [2.75, 3.05) is 13.2 Å². The Hall–Kier alpha value is -1.96. The van der Waals surface area contributed by atoms with E-state index in [-0.39, 0.29) is 4.90 Å². The minimum Gasteiger partial charge on any atom is -0.380 e. The summed E-state index contributed by atoms with van der Waals surface area (Å²) >= 11 is 1.38. The van der Waals surface area contributed by atoms with Crippen molar-refractivity contribution in [3.05, 3.63) is 58.4 Å². The van der Waals surface area contributed by atoms with Gasteiger partial charge in [0.15, 0.2) is 0 Å². The molecule has 0 aliphatic heterocycles. The minimum atomic E-state index is -3.77. The number of thiazole rings is 1. The number of benzene rings is 2. The summed E-state index contributed by atoms with van der Waals surface area (Å²) in [6.07, 6.45) is 0. The lowest BCUT2D eigenvalue weighted by atomic mass is 10.2. The zero-order valence-corrected chi connectivity index (χ0v) is 16.7. The topological polar surface area (TPSA) is 60.7 Å². The molecule has 0 spiro atoms. The van der Waals surface area contributed by atoms with Crippen LogP contribution in [0.25, 0.3) is 10.2 Å². The standard InChI is InChI=1S/C19H22N2O3S2/c1-4-24-12-11-21-17-10-7-15(3)13-18(17)25-19(21)20-26(22,23)16-8-5-14(2)6-9-16/h5-10,13H,4,11-12H2,1-3H3/b20-19-. The van der Waals surface area contributed by atoms with Crippen molar-refractivity contribution < 1.29 is 13.2 Å². The number of aromatic nitrogens is 1. The summed E-state index contributed by atoms with van der Waals surface area (Å²) in [7, 11) is -3.77. The van der Waals surface area contributed by atoms with Crippen molar-refractivity contribution in [2.45, 2.75) is 32.2 Å². The highest BCUT2D eigenvalue weighted by Crippen LogP contribution is 2.20. The van der Waals surface area contributed by atoms with Crippen molar-refractivity contribution in [2.24, 2.45) is 4.40 Å². The fraction of sp³-hybridized carbons (Fsp3) is 0.316. The van der Waals surface area contributed by atoms with E-state index in [0.717, 1.165) is 21.3 Å². The number of aryl methyl sites for hydroxylation is 2. The predicted molar refractivity (Wildman–Crippen MR) is 105 cm³/mol. The Morgan fingerprint density at radius 1 is 1.08 bits per heavy atom. The van der Waals surface area contributed by atoms with Gasteiger partial charge in [-0.2, -0.15) is 8.42 Å². The molecule has 2 aromatic carbocycles.